The van der Waals surface area contributed by atoms with Gasteiger partial charge in [-0.2, -0.15) is 0 Å². The first kappa shape index (κ1) is 12.2. The van der Waals surface area contributed by atoms with E-state index in [1.807, 2.05) is 27.7 Å². The molecule has 0 unspecified atom stereocenters. The summed E-state index contributed by atoms with van der Waals surface area (Å²) in [6, 6.07) is 0.0778. The summed E-state index contributed by atoms with van der Waals surface area (Å²) in [6.07, 6.45) is 0. The lowest BCUT2D eigenvalue weighted by Crippen LogP contribution is -2.54. The van der Waals surface area contributed by atoms with Crippen LogP contribution < -0.4 is 11.1 Å². The van der Waals surface area contributed by atoms with E-state index in [0.717, 1.165) is 0 Å². The molecule has 0 aliphatic rings. The van der Waals surface area contributed by atoms with E-state index in [1.54, 1.807) is 11.9 Å². The summed E-state index contributed by atoms with van der Waals surface area (Å²) in [4.78, 5) is 13.2. The van der Waals surface area contributed by atoms with Crippen LogP contribution >= 0.6 is 0 Å². The molecule has 13 heavy (non-hydrogen) atoms. The number of carbonyl (C=O) groups excluding carboxylic acids is 1. The lowest BCUT2D eigenvalue weighted by Gasteiger charge is -2.34. The second-order valence-electron chi connectivity index (χ2n) is 4.18. The number of carbonyl (C=O) groups is 1. The molecule has 0 aromatic rings. The first-order valence-corrected chi connectivity index (χ1v) is 4.55. The number of likely N-dealkylation sites (N-methyl/N-ethyl adjacent to an activating group) is 1. The highest BCUT2D eigenvalue weighted by atomic mass is 16.2. The number of amides is 2. The quantitative estimate of drug-likeness (QED) is 0.685. The topological polar surface area (TPSA) is 58.4 Å². The average molecular weight is 187 g/mol. The molecular formula is C9H21N3O. The second-order valence-corrected chi connectivity index (χ2v) is 4.18. The molecule has 0 spiro atoms. The Labute approximate surface area is 80.5 Å². The maximum Gasteiger partial charge on any atom is 0.317 e. The third kappa shape index (κ3) is 3.63. The number of rotatable bonds is 3. The molecule has 0 bridgehead atoms. The molecule has 0 atom stereocenters. The van der Waals surface area contributed by atoms with Crippen LogP contribution in [0, 0.1) is 0 Å². The predicted octanol–water partition coefficient (Wildman–Crippen LogP) is 0.773. The van der Waals surface area contributed by atoms with Gasteiger partial charge in [-0.15, -0.1) is 0 Å². The van der Waals surface area contributed by atoms with Gasteiger partial charge in [-0.3, -0.25) is 0 Å². The summed E-state index contributed by atoms with van der Waals surface area (Å²) in [5, 5.41) is 2.81. The Balaban J connectivity index is 4.25. The molecule has 4 heteroatoms. The molecule has 0 aromatic carbocycles. The summed E-state index contributed by atoms with van der Waals surface area (Å²) in [5.41, 5.74) is 5.26. The zero-order chi connectivity index (χ0) is 10.6. The standard InChI is InChI=1S/C9H21N3O/c1-7(2)11-8(13)12(5)9(3,4)6-10/h7H,6,10H2,1-5H3,(H,11,13). The van der Waals surface area contributed by atoms with Crippen LogP contribution in [0.1, 0.15) is 27.7 Å². The molecule has 0 aromatic heterocycles. The van der Waals surface area contributed by atoms with Gasteiger partial charge in [-0.05, 0) is 27.7 Å². The zero-order valence-electron chi connectivity index (χ0n) is 9.22. The summed E-state index contributed by atoms with van der Waals surface area (Å²) in [6.45, 7) is 8.19. The Hall–Kier alpha value is -0.770. The van der Waals surface area contributed by atoms with E-state index in [1.165, 1.54) is 0 Å². The first-order valence-electron chi connectivity index (χ1n) is 4.55. The Kier molecular flexibility index (Phi) is 4.20. The van der Waals surface area contributed by atoms with E-state index in [9.17, 15) is 4.79 Å². The Morgan fingerprint density at radius 1 is 1.54 bits per heavy atom. The number of nitrogens with zero attached hydrogens (tertiary/aromatic N) is 1. The molecule has 3 N–H and O–H groups in total. The molecule has 0 heterocycles. The van der Waals surface area contributed by atoms with Crippen LogP contribution in [0.2, 0.25) is 0 Å². The van der Waals surface area contributed by atoms with E-state index >= 15 is 0 Å². The molecule has 0 saturated heterocycles. The van der Waals surface area contributed by atoms with Crippen LogP contribution in [0.5, 0.6) is 0 Å². The van der Waals surface area contributed by atoms with E-state index < -0.39 is 0 Å². The van der Waals surface area contributed by atoms with Crippen molar-refractivity contribution in [2.75, 3.05) is 13.6 Å². The summed E-state index contributed by atoms with van der Waals surface area (Å²) < 4.78 is 0. The SMILES string of the molecule is CC(C)NC(=O)N(C)C(C)(C)CN. The van der Waals surface area contributed by atoms with Gasteiger partial charge in [0.1, 0.15) is 0 Å². The van der Waals surface area contributed by atoms with Gasteiger partial charge in [0.25, 0.3) is 0 Å². The van der Waals surface area contributed by atoms with E-state index in [-0.39, 0.29) is 17.6 Å². The third-order valence-electron chi connectivity index (χ3n) is 2.12. The van der Waals surface area contributed by atoms with Crippen molar-refractivity contribution in [1.82, 2.24) is 10.2 Å². The van der Waals surface area contributed by atoms with Crippen molar-refractivity contribution in [1.29, 1.82) is 0 Å². The number of hydrogen-bond acceptors (Lipinski definition) is 2. The smallest absolute Gasteiger partial charge is 0.317 e. The van der Waals surface area contributed by atoms with E-state index in [0.29, 0.717) is 6.54 Å². The van der Waals surface area contributed by atoms with Crippen molar-refractivity contribution in [2.24, 2.45) is 5.73 Å². The molecule has 2 amide bonds. The zero-order valence-corrected chi connectivity index (χ0v) is 9.22. The molecule has 4 nitrogen and oxygen atoms in total. The number of nitrogens with two attached hydrogens (primary N) is 1. The highest BCUT2D eigenvalue weighted by molar-refractivity contribution is 5.74. The number of hydrogen-bond donors (Lipinski definition) is 2. The van der Waals surface area contributed by atoms with Gasteiger partial charge in [0.15, 0.2) is 0 Å². The maximum atomic E-state index is 11.5. The molecule has 0 aliphatic carbocycles. The lowest BCUT2D eigenvalue weighted by molar-refractivity contribution is 0.158. The van der Waals surface area contributed by atoms with Crippen LogP contribution in [0.3, 0.4) is 0 Å². The van der Waals surface area contributed by atoms with Crippen LogP contribution in [0.4, 0.5) is 4.79 Å². The van der Waals surface area contributed by atoms with Gasteiger partial charge in [-0.25, -0.2) is 4.79 Å². The van der Waals surface area contributed by atoms with Gasteiger partial charge < -0.3 is 16.0 Å². The van der Waals surface area contributed by atoms with Gasteiger partial charge in [0.05, 0.1) is 5.54 Å². The number of urea groups is 1. The normalized spacial score (nSPS) is 11.6. The fourth-order valence-electron chi connectivity index (χ4n) is 0.756. The lowest BCUT2D eigenvalue weighted by atomic mass is 10.1. The molecular weight excluding hydrogens is 166 g/mol. The van der Waals surface area contributed by atoms with Crippen molar-refractivity contribution in [3.8, 4) is 0 Å². The first-order chi connectivity index (χ1) is 5.81. The fraction of sp³-hybridized carbons (Fsp3) is 0.889. The third-order valence-corrected chi connectivity index (χ3v) is 2.12. The van der Waals surface area contributed by atoms with Crippen molar-refractivity contribution in [3.63, 3.8) is 0 Å². The van der Waals surface area contributed by atoms with Crippen molar-refractivity contribution in [2.45, 2.75) is 39.3 Å². The van der Waals surface area contributed by atoms with Gasteiger partial charge in [0.2, 0.25) is 0 Å². The van der Waals surface area contributed by atoms with Crippen molar-refractivity contribution in [3.05, 3.63) is 0 Å². The van der Waals surface area contributed by atoms with Gasteiger partial charge >= 0.3 is 6.03 Å². The summed E-state index contributed by atoms with van der Waals surface area (Å²) >= 11 is 0. The second kappa shape index (κ2) is 4.46. The molecule has 0 saturated carbocycles. The molecule has 78 valence electrons. The monoisotopic (exact) mass is 187 g/mol. The van der Waals surface area contributed by atoms with Crippen LogP contribution in [-0.2, 0) is 0 Å². The molecule has 0 rings (SSSR count). The minimum atomic E-state index is -0.293. The minimum Gasteiger partial charge on any atom is -0.336 e. The summed E-state index contributed by atoms with van der Waals surface area (Å²) in [7, 11) is 1.75. The minimum absolute atomic E-state index is 0.0783. The maximum absolute atomic E-state index is 11.5. The highest BCUT2D eigenvalue weighted by Crippen LogP contribution is 2.09. The molecule has 0 radical (unpaired) electrons. The van der Waals surface area contributed by atoms with Crippen molar-refractivity contribution < 1.29 is 4.79 Å². The van der Waals surface area contributed by atoms with Gasteiger partial charge in [-0.1, -0.05) is 0 Å². The van der Waals surface area contributed by atoms with Gasteiger partial charge in [0, 0.05) is 19.6 Å². The van der Waals surface area contributed by atoms with Crippen LogP contribution in [-0.4, -0.2) is 36.1 Å². The van der Waals surface area contributed by atoms with Crippen LogP contribution in [0.25, 0.3) is 0 Å². The largest absolute Gasteiger partial charge is 0.336 e. The Morgan fingerprint density at radius 3 is 2.31 bits per heavy atom. The predicted molar refractivity (Wildman–Crippen MR) is 54.6 cm³/mol. The Morgan fingerprint density at radius 2 is 2.00 bits per heavy atom. The molecule has 0 fully saturated rings. The highest BCUT2D eigenvalue weighted by Gasteiger charge is 2.25. The van der Waals surface area contributed by atoms with Crippen LogP contribution in [0.15, 0.2) is 0 Å². The fourth-order valence-corrected chi connectivity index (χ4v) is 0.756. The number of nitrogens with one attached hydrogen (secondary N) is 1. The Bertz CT molecular complexity index is 178. The van der Waals surface area contributed by atoms with Crippen molar-refractivity contribution >= 4 is 6.03 Å². The van der Waals surface area contributed by atoms with E-state index in [4.69, 9.17) is 5.73 Å². The summed E-state index contributed by atoms with van der Waals surface area (Å²) in [5.74, 6) is 0. The molecule has 0 aliphatic heterocycles. The van der Waals surface area contributed by atoms with E-state index in [2.05, 4.69) is 5.32 Å². The average Bonchev–Trinajstić information content (AvgIpc) is 2.01.